The van der Waals surface area contributed by atoms with Crippen LogP contribution in [0.2, 0.25) is 0 Å². The Balaban J connectivity index is 1.98. The van der Waals surface area contributed by atoms with Crippen molar-refractivity contribution in [3.05, 3.63) is 0 Å². The molecule has 0 aromatic carbocycles. The Morgan fingerprint density at radius 1 is 0.900 bits per heavy atom. The summed E-state index contributed by atoms with van der Waals surface area (Å²) < 4.78 is 0. The summed E-state index contributed by atoms with van der Waals surface area (Å²) in [5.74, 6) is 1.75. The lowest BCUT2D eigenvalue weighted by Gasteiger charge is -2.36. The first-order valence-corrected chi connectivity index (χ1v) is 4.52. The maximum atomic E-state index is 9.42. The van der Waals surface area contributed by atoms with Crippen molar-refractivity contribution in [2.24, 2.45) is 11.8 Å². The van der Waals surface area contributed by atoms with Gasteiger partial charge in [0.2, 0.25) is 0 Å². The van der Waals surface area contributed by atoms with Gasteiger partial charge in [-0.15, -0.1) is 0 Å². The fourth-order valence-corrected chi connectivity index (χ4v) is 2.70. The van der Waals surface area contributed by atoms with Crippen molar-refractivity contribution < 1.29 is 5.11 Å². The summed E-state index contributed by atoms with van der Waals surface area (Å²) in [6, 6.07) is 0. The van der Waals surface area contributed by atoms with Crippen molar-refractivity contribution in [2.45, 2.75) is 44.6 Å². The lowest BCUT2D eigenvalue weighted by molar-refractivity contribution is 0.0457. The van der Waals surface area contributed by atoms with Crippen molar-refractivity contribution in [2.75, 3.05) is 0 Å². The maximum absolute atomic E-state index is 9.42. The van der Waals surface area contributed by atoms with Crippen LogP contribution in [-0.2, 0) is 0 Å². The highest BCUT2D eigenvalue weighted by molar-refractivity contribution is 4.82. The third-order valence-electron chi connectivity index (χ3n) is 3.10. The zero-order valence-electron chi connectivity index (χ0n) is 6.42. The average molecular weight is 140 g/mol. The van der Waals surface area contributed by atoms with E-state index in [0.29, 0.717) is 0 Å². The van der Waals surface area contributed by atoms with Gasteiger partial charge in [-0.25, -0.2) is 0 Å². The molecule has 1 heteroatoms. The predicted molar refractivity (Wildman–Crippen MR) is 40.7 cm³/mol. The topological polar surface area (TPSA) is 20.2 Å². The van der Waals surface area contributed by atoms with Gasteiger partial charge in [-0.05, 0) is 31.1 Å². The fourth-order valence-electron chi connectivity index (χ4n) is 2.70. The van der Waals surface area contributed by atoms with Gasteiger partial charge in [-0.3, -0.25) is 0 Å². The molecular formula is C9H16O. The SMILES string of the molecule is OC1CC2CCCC(C1)C2. The molecule has 1 nitrogen and oxygen atoms in total. The van der Waals surface area contributed by atoms with Gasteiger partial charge in [0.05, 0.1) is 6.10 Å². The molecular weight excluding hydrogens is 124 g/mol. The first-order chi connectivity index (χ1) is 4.84. The molecule has 1 N–H and O–H groups in total. The van der Waals surface area contributed by atoms with Gasteiger partial charge in [0.15, 0.2) is 0 Å². The molecule has 0 aromatic heterocycles. The minimum absolute atomic E-state index is 0.0454. The lowest BCUT2D eigenvalue weighted by atomic mass is 9.71. The second-order valence-electron chi connectivity index (χ2n) is 4.02. The Kier molecular flexibility index (Phi) is 1.69. The van der Waals surface area contributed by atoms with Crippen LogP contribution in [0.4, 0.5) is 0 Å². The lowest BCUT2D eigenvalue weighted by Crippen LogP contribution is -2.29. The number of rotatable bonds is 0. The summed E-state index contributed by atoms with van der Waals surface area (Å²) >= 11 is 0. The summed E-state index contributed by atoms with van der Waals surface area (Å²) in [7, 11) is 0. The average Bonchev–Trinajstić information content (AvgIpc) is 1.85. The molecule has 2 bridgehead atoms. The van der Waals surface area contributed by atoms with Crippen LogP contribution in [0.1, 0.15) is 38.5 Å². The van der Waals surface area contributed by atoms with Crippen LogP contribution in [0.5, 0.6) is 0 Å². The van der Waals surface area contributed by atoms with E-state index in [1.54, 1.807) is 0 Å². The third-order valence-corrected chi connectivity index (χ3v) is 3.10. The molecule has 2 aliphatic carbocycles. The van der Waals surface area contributed by atoms with Gasteiger partial charge in [-0.2, -0.15) is 0 Å². The Morgan fingerprint density at radius 3 is 2.10 bits per heavy atom. The van der Waals surface area contributed by atoms with Gasteiger partial charge in [0, 0.05) is 0 Å². The smallest absolute Gasteiger partial charge is 0.0545 e. The molecule has 2 unspecified atom stereocenters. The molecule has 2 aliphatic rings. The standard InChI is InChI=1S/C9H16O/c10-9-5-7-2-1-3-8(4-7)6-9/h7-10H,1-6H2. The van der Waals surface area contributed by atoms with Gasteiger partial charge in [0.25, 0.3) is 0 Å². The third kappa shape index (κ3) is 1.20. The van der Waals surface area contributed by atoms with E-state index in [4.69, 9.17) is 0 Å². The molecule has 0 amide bonds. The van der Waals surface area contributed by atoms with Crippen LogP contribution >= 0.6 is 0 Å². The van der Waals surface area contributed by atoms with Gasteiger partial charge >= 0.3 is 0 Å². The van der Waals surface area contributed by atoms with E-state index in [0.717, 1.165) is 24.7 Å². The van der Waals surface area contributed by atoms with Gasteiger partial charge in [-0.1, -0.05) is 19.3 Å². The van der Waals surface area contributed by atoms with E-state index >= 15 is 0 Å². The van der Waals surface area contributed by atoms with Crippen molar-refractivity contribution in [3.63, 3.8) is 0 Å². The van der Waals surface area contributed by atoms with Crippen LogP contribution < -0.4 is 0 Å². The first kappa shape index (κ1) is 6.66. The molecule has 0 spiro atoms. The van der Waals surface area contributed by atoms with Gasteiger partial charge < -0.3 is 5.11 Å². The molecule has 0 saturated heterocycles. The molecule has 0 heterocycles. The van der Waals surface area contributed by atoms with Crippen LogP contribution in [-0.4, -0.2) is 11.2 Å². The molecule has 0 aliphatic heterocycles. The predicted octanol–water partition coefficient (Wildman–Crippen LogP) is 1.95. The first-order valence-electron chi connectivity index (χ1n) is 4.52. The van der Waals surface area contributed by atoms with Crippen molar-refractivity contribution in [3.8, 4) is 0 Å². The fraction of sp³-hybridized carbons (Fsp3) is 1.00. The zero-order chi connectivity index (χ0) is 6.97. The Labute approximate surface area is 62.4 Å². The number of hydrogen-bond donors (Lipinski definition) is 1. The van der Waals surface area contributed by atoms with Crippen LogP contribution in [0.15, 0.2) is 0 Å². The van der Waals surface area contributed by atoms with E-state index in [9.17, 15) is 5.11 Å². The summed E-state index contributed by atoms with van der Waals surface area (Å²) in [5, 5.41) is 9.42. The zero-order valence-corrected chi connectivity index (χ0v) is 6.42. The summed E-state index contributed by atoms with van der Waals surface area (Å²) in [5.41, 5.74) is 0. The van der Waals surface area contributed by atoms with E-state index in [1.807, 2.05) is 0 Å². The molecule has 2 rings (SSSR count). The molecule has 0 radical (unpaired) electrons. The van der Waals surface area contributed by atoms with Crippen molar-refractivity contribution >= 4 is 0 Å². The number of aliphatic hydroxyl groups is 1. The second-order valence-corrected chi connectivity index (χ2v) is 4.02. The molecule has 2 fully saturated rings. The number of aliphatic hydroxyl groups excluding tert-OH is 1. The van der Waals surface area contributed by atoms with Crippen LogP contribution in [0.25, 0.3) is 0 Å². The van der Waals surface area contributed by atoms with Crippen LogP contribution in [0.3, 0.4) is 0 Å². The summed E-state index contributed by atoms with van der Waals surface area (Å²) in [6.45, 7) is 0. The van der Waals surface area contributed by atoms with Crippen LogP contribution in [0, 0.1) is 11.8 Å². The van der Waals surface area contributed by atoms with E-state index in [-0.39, 0.29) is 6.10 Å². The minimum atomic E-state index is 0.0454. The molecule has 0 aromatic rings. The minimum Gasteiger partial charge on any atom is -0.393 e. The maximum Gasteiger partial charge on any atom is 0.0545 e. The van der Waals surface area contributed by atoms with Gasteiger partial charge in [0.1, 0.15) is 0 Å². The highest BCUT2D eigenvalue weighted by atomic mass is 16.3. The normalized spacial score (nSPS) is 47.1. The number of hydrogen-bond acceptors (Lipinski definition) is 1. The Bertz CT molecular complexity index is 106. The monoisotopic (exact) mass is 140 g/mol. The molecule has 58 valence electrons. The van der Waals surface area contributed by atoms with E-state index in [1.165, 1.54) is 25.7 Å². The largest absolute Gasteiger partial charge is 0.393 e. The van der Waals surface area contributed by atoms with Crippen molar-refractivity contribution in [1.29, 1.82) is 0 Å². The Hall–Kier alpha value is -0.0400. The summed E-state index contributed by atoms with van der Waals surface area (Å²) in [4.78, 5) is 0. The quantitative estimate of drug-likeness (QED) is 0.545. The molecule has 2 saturated carbocycles. The van der Waals surface area contributed by atoms with Crippen molar-refractivity contribution in [1.82, 2.24) is 0 Å². The highest BCUT2D eigenvalue weighted by Crippen LogP contribution is 2.39. The highest BCUT2D eigenvalue weighted by Gasteiger charge is 2.30. The number of fused-ring (bicyclic) bond motifs is 2. The second kappa shape index (κ2) is 2.54. The molecule has 10 heavy (non-hydrogen) atoms. The van der Waals surface area contributed by atoms with E-state index < -0.39 is 0 Å². The van der Waals surface area contributed by atoms with E-state index in [2.05, 4.69) is 0 Å². The molecule has 2 atom stereocenters. The summed E-state index contributed by atoms with van der Waals surface area (Å²) in [6.07, 6.45) is 7.83. The Morgan fingerprint density at radius 2 is 1.50 bits per heavy atom.